The van der Waals surface area contributed by atoms with Gasteiger partial charge in [0.25, 0.3) is 5.91 Å². The summed E-state index contributed by atoms with van der Waals surface area (Å²) in [7, 11) is -2.33. The van der Waals surface area contributed by atoms with Crippen LogP contribution in [-0.2, 0) is 10.0 Å². The number of sulfonamides is 1. The molecule has 0 spiro atoms. The summed E-state index contributed by atoms with van der Waals surface area (Å²) >= 11 is 0. The van der Waals surface area contributed by atoms with Crippen molar-refractivity contribution in [1.82, 2.24) is 14.2 Å². The Morgan fingerprint density at radius 3 is 2.59 bits per heavy atom. The predicted octanol–water partition coefficient (Wildman–Crippen LogP) is 4.02. The minimum absolute atomic E-state index is 0.0563. The molecule has 1 aliphatic carbocycles. The molecule has 1 saturated heterocycles. The monoisotopic (exact) mass is 457 g/mol. The van der Waals surface area contributed by atoms with Crippen LogP contribution in [0.25, 0.3) is 0 Å². The highest BCUT2D eigenvalue weighted by Gasteiger charge is 2.38. The Morgan fingerprint density at radius 1 is 1.19 bits per heavy atom. The standard InChI is InChI=1S/C24H31N3O4S/c1-17-8-5-7-15-26(17)32(29,30)23-16-19(10-13-22(23)31-3)24(28)27(20-11-12-20)18(2)21-9-4-6-14-25-21/h4,6,9-10,13-14,16-18,20H,5,7-8,11-12,15H2,1-3H3. The molecule has 1 amide bonds. The van der Waals surface area contributed by atoms with Crippen LogP contribution in [0.2, 0.25) is 0 Å². The lowest BCUT2D eigenvalue weighted by molar-refractivity contribution is 0.0670. The van der Waals surface area contributed by atoms with Crippen LogP contribution in [-0.4, -0.2) is 54.3 Å². The van der Waals surface area contributed by atoms with Gasteiger partial charge >= 0.3 is 0 Å². The normalized spacial score (nSPS) is 20.5. The number of amides is 1. The second kappa shape index (κ2) is 9.19. The molecule has 32 heavy (non-hydrogen) atoms. The first-order valence-electron chi connectivity index (χ1n) is 11.3. The van der Waals surface area contributed by atoms with Gasteiger partial charge in [-0.25, -0.2) is 8.42 Å². The first-order chi connectivity index (χ1) is 15.3. The summed E-state index contributed by atoms with van der Waals surface area (Å²) < 4.78 is 34.0. The number of hydrogen-bond donors (Lipinski definition) is 0. The van der Waals surface area contributed by atoms with Gasteiger partial charge in [-0.2, -0.15) is 4.31 Å². The Morgan fingerprint density at radius 2 is 1.97 bits per heavy atom. The Hall–Kier alpha value is -2.45. The Kier molecular flexibility index (Phi) is 6.53. The minimum Gasteiger partial charge on any atom is -0.495 e. The maximum Gasteiger partial charge on any atom is 0.254 e. The van der Waals surface area contributed by atoms with E-state index in [1.54, 1.807) is 18.3 Å². The molecule has 172 valence electrons. The van der Waals surface area contributed by atoms with Crippen LogP contribution >= 0.6 is 0 Å². The average molecular weight is 458 g/mol. The fourth-order valence-electron chi connectivity index (χ4n) is 4.49. The third-order valence-electron chi connectivity index (χ3n) is 6.45. The van der Waals surface area contributed by atoms with E-state index in [4.69, 9.17) is 4.74 Å². The van der Waals surface area contributed by atoms with Crippen LogP contribution in [0.3, 0.4) is 0 Å². The molecule has 2 atom stereocenters. The molecule has 0 N–H and O–H groups in total. The number of methoxy groups -OCH3 is 1. The average Bonchev–Trinajstić information content (AvgIpc) is 3.64. The summed E-state index contributed by atoms with van der Waals surface area (Å²) in [5.74, 6) is 0.0755. The molecule has 8 heteroatoms. The van der Waals surface area contributed by atoms with Crippen molar-refractivity contribution in [2.45, 2.75) is 69.0 Å². The van der Waals surface area contributed by atoms with Gasteiger partial charge in [0.2, 0.25) is 10.0 Å². The summed E-state index contributed by atoms with van der Waals surface area (Å²) in [5.41, 5.74) is 1.17. The van der Waals surface area contributed by atoms with Gasteiger partial charge in [-0.3, -0.25) is 9.78 Å². The van der Waals surface area contributed by atoms with Gasteiger partial charge in [-0.15, -0.1) is 0 Å². The number of pyridine rings is 1. The van der Waals surface area contributed by atoms with E-state index in [-0.39, 0.29) is 34.7 Å². The number of hydrogen-bond acceptors (Lipinski definition) is 5. The number of piperidine rings is 1. The summed E-state index contributed by atoms with van der Waals surface area (Å²) in [6, 6.07) is 10.3. The summed E-state index contributed by atoms with van der Waals surface area (Å²) in [4.78, 5) is 19.9. The fourth-order valence-corrected chi connectivity index (χ4v) is 6.37. The lowest BCUT2D eigenvalue weighted by atomic mass is 10.1. The summed E-state index contributed by atoms with van der Waals surface area (Å²) in [5, 5.41) is 0. The molecule has 2 heterocycles. The molecule has 0 bridgehead atoms. The van der Waals surface area contributed by atoms with Crippen molar-refractivity contribution in [2.24, 2.45) is 0 Å². The van der Waals surface area contributed by atoms with Crippen molar-refractivity contribution >= 4 is 15.9 Å². The number of ether oxygens (including phenoxy) is 1. The van der Waals surface area contributed by atoms with Crippen molar-refractivity contribution in [3.05, 3.63) is 53.9 Å². The topological polar surface area (TPSA) is 79.8 Å². The van der Waals surface area contributed by atoms with Gasteiger partial charge in [0.15, 0.2) is 0 Å². The van der Waals surface area contributed by atoms with Crippen molar-refractivity contribution in [3.8, 4) is 5.75 Å². The number of aromatic nitrogens is 1. The minimum atomic E-state index is -3.79. The Bertz CT molecular complexity index is 1070. The van der Waals surface area contributed by atoms with Crippen LogP contribution < -0.4 is 4.74 Å². The van der Waals surface area contributed by atoms with Gasteiger partial charge in [0.05, 0.1) is 18.8 Å². The number of carbonyl (C=O) groups excluding carboxylic acids is 1. The van der Waals surface area contributed by atoms with E-state index >= 15 is 0 Å². The van der Waals surface area contributed by atoms with Crippen molar-refractivity contribution in [1.29, 1.82) is 0 Å². The molecule has 1 aromatic carbocycles. The van der Waals surface area contributed by atoms with Crippen LogP contribution in [0.5, 0.6) is 5.75 Å². The molecule has 1 saturated carbocycles. The predicted molar refractivity (Wildman–Crippen MR) is 122 cm³/mol. The van der Waals surface area contributed by atoms with Gasteiger partial charge in [0, 0.05) is 30.4 Å². The Labute approximate surface area is 190 Å². The molecule has 2 fully saturated rings. The van der Waals surface area contributed by atoms with E-state index in [2.05, 4.69) is 4.98 Å². The van der Waals surface area contributed by atoms with Gasteiger partial charge < -0.3 is 9.64 Å². The van der Waals surface area contributed by atoms with E-state index in [1.807, 2.05) is 36.9 Å². The van der Waals surface area contributed by atoms with Crippen molar-refractivity contribution in [2.75, 3.05) is 13.7 Å². The molecule has 4 rings (SSSR count). The second-order valence-electron chi connectivity index (χ2n) is 8.70. The third-order valence-corrected chi connectivity index (χ3v) is 8.48. The van der Waals surface area contributed by atoms with E-state index in [0.29, 0.717) is 12.1 Å². The van der Waals surface area contributed by atoms with E-state index in [0.717, 1.165) is 37.8 Å². The molecule has 2 aliphatic rings. The summed E-state index contributed by atoms with van der Waals surface area (Å²) in [6.45, 7) is 4.38. The van der Waals surface area contributed by atoms with Gasteiger partial charge in [-0.05, 0) is 69.9 Å². The largest absolute Gasteiger partial charge is 0.495 e. The highest BCUT2D eigenvalue weighted by atomic mass is 32.2. The zero-order valence-electron chi connectivity index (χ0n) is 18.9. The van der Waals surface area contributed by atoms with Crippen LogP contribution in [0.4, 0.5) is 0 Å². The maximum absolute atomic E-state index is 13.6. The second-order valence-corrected chi connectivity index (χ2v) is 10.6. The molecule has 0 radical (unpaired) electrons. The Balaban J connectivity index is 1.70. The van der Waals surface area contributed by atoms with Crippen molar-refractivity contribution < 1.29 is 17.9 Å². The first kappa shape index (κ1) is 22.7. The molecule has 1 aromatic heterocycles. The quantitative estimate of drug-likeness (QED) is 0.627. The van der Waals surface area contributed by atoms with Crippen LogP contribution in [0.15, 0.2) is 47.5 Å². The van der Waals surface area contributed by atoms with E-state index in [1.165, 1.54) is 17.5 Å². The number of carbonyl (C=O) groups is 1. The van der Waals surface area contributed by atoms with Gasteiger partial charge in [-0.1, -0.05) is 12.5 Å². The smallest absolute Gasteiger partial charge is 0.254 e. The fraction of sp³-hybridized carbons (Fsp3) is 0.500. The zero-order chi connectivity index (χ0) is 22.9. The lowest BCUT2D eigenvalue weighted by Crippen LogP contribution is -2.42. The van der Waals surface area contributed by atoms with E-state index in [9.17, 15) is 13.2 Å². The highest BCUT2D eigenvalue weighted by Crippen LogP contribution is 2.37. The van der Waals surface area contributed by atoms with Crippen LogP contribution in [0.1, 0.15) is 68.0 Å². The maximum atomic E-state index is 13.6. The molecular formula is C24H31N3O4S. The third kappa shape index (κ3) is 4.38. The first-order valence-corrected chi connectivity index (χ1v) is 12.7. The van der Waals surface area contributed by atoms with Crippen LogP contribution in [0, 0.1) is 0 Å². The molecule has 2 aromatic rings. The molecule has 1 aliphatic heterocycles. The lowest BCUT2D eigenvalue weighted by Gasteiger charge is -2.33. The highest BCUT2D eigenvalue weighted by molar-refractivity contribution is 7.89. The SMILES string of the molecule is COc1ccc(C(=O)N(C2CC2)C(C)c2ccccn2)cc1S(=O)(=O)N1CCCCC1C. The summed E-state index contributed by atoms with van der Waals surface area (Å²) in [6.07, 6.45) is 6.29. The number of rotatable bonds is 7. The molecule has 7 nitrogen and oxygen atoms in total. The van der Waals surface area contributed by atoms with E-state index < -0.39 is 10.0 Å². The zero-order valence-corrected chi connectivity index (χ0v) is 19.7. The van der Waals surface area contributed by atoms with Crippen molar-refractivity contribution in [3.63, 3.8) is 0 Å². The number of nitrogens with zero attached hydrogens (tertiary/aromatic N) is 3. The molecule has 2 unspecified atom stereocenters. The number of benzene rings is 1. The van der Waals surface area contributed by atoms with Gasteiger partial charge in [0.1, 0.15) is 10.6 Å². The molecular weight excluding hydrogens is 426 g/mol.